The van der Waals surface area contributed by atoms with Crippen LogP contribution in [0.1, 0.15) is 12.8 Å². The van der Waals surface area contributed by atoms with Crippen molar-refractivity contribution in [1.82, 2.24) is 9.80 Å². The molecule has 0 aromatic rings. The van der Waals surface area contributed by atoms with Gasteiger partial charge in [0.15, 0.2) is 0 Å². The summed E-state index contributed by atoms with van der Waals surface area (Å²) < 4.78 is 0. The fourth-order valence-corrected chi connectivity index (χ4v) is 1.95. The number of carbonyl (C=O) groups excluding carboxylic acids is 2. The summed E-state index contributed by atoms with van der Waals surface area (Å²) in [6.07, 6.45) is 1.81. The van der Waals surface area contributed by atoms with E-state index >= 15 is 0 Å². The van der Waals surface area contributed by atoms with Gasteiger partial charge in [0.25, 0.3) is 0 Å². The number of amides is 2. The van der Waals surface area contributed by atoms with Gasteiger partial charge in [-0.25, -0.2) is 0 Å². The normalized spacial score (nSPS) is 29.6. The zero-order valence-electron chi connectivity index (χ0n) is 7.12. The Bertz CT molecular complexity index is 239. The third-order valence-corrected chi connectivity index (χ3v) is 2.61. The van der Waals surface area contributed by atoms with Crippen molar-refractivity contribution in [2.75, 3.05) is 20.1 Å². The second-order valence-electron chi connectivity index (χ2n) is 3.44. The Hall–Kier alpha value is -1.06. The van der Waals surface area contributed by atoms with E-state index in [1.54, 1.807) is 11.9 Å². The van der Waals surface area contributed by atoms with E-state index in [0.717, 1.165) is 19.4 Å². The number of piperazine rings is 1. The molecular weight excluding hydrogens is 156 g/mol. The maximum absolute atomic E-state index is 11.5. The lowest BCUT2D eigenvalue weighted by Gasteiger charge is -2.34. The first-order chi connectivity index (χ1) is 5.70. The molecule has 2 heterocycles. The first-order valence-electron chi connectivity index (χ1n) is 4.24. The molecule has 4 heteroatoms. The van der Waals surface area contributed by atoms with Crippen molar-refractivity contribution in [3.63, 3.8) is 0 Å². The van der Waals surface area contributed by atoms with E-state index in [9.17, 15) is 9.59 Å². The van der Waals surface area contributed by atoms with Crippen LogP contribution in [0.3, 0.4) is 0 Å². The van der Waals surface area contributed by atoms with Crippen molar-refractivity contribution in [3.8, 4) is 0 Å². The van der Waals surface area contributed by atoms with Gasteiger partial charge in [-0.1, -0.05) is 0 Å². The molecule has 66 valence electrons. The molecule has 1 atom stereocenters. The third kappa shape index (κ3) is 0.906. The standard InChI is InChI=1S/C8H12N2O2/c1-9-5-7(11)10-4-2-3-6(10)8(9)12/h6H,2-5H2,1H3. The van der Waals surface area contributed by atoms with Gasteiger partial charge in [0, 0.05) is 13.6 Å². The van der Waals surface area contributed by atoms with Crippen molar-refractivity contribution < 1.29 is 9.59 Å². The first kappa shape index (κ1) is 7.58. The van der Waals surface area contributed by atoms with Gasteiger partial charge in [-0.2, -0.15) is 0 Å². The highest BCUT2D eigenvalue weighted by molar-refractivity contribution is 5.95. The highest BCUT2D eigenvalue weighted by Gasteiger charge is 2.40. The summed E-state index contributed by atoms with van der Waals surface area (Å²) >= 11 is 0. The SMILES string of the molecule is CN1CC(=O)N2CCCC2C1=O. The van der Waals surface area contributed by atoms with Crippen LogP contribution in [0.2, 0.25) is 0 Å². The Morgan fingerprint density at radius 3 is 2.92 bits per heavy atom. The molecule has 2 saturated heterocycles. The minimum atomic E-state index is -0.142. The van der Waals surface area contributed by atoms with Gasteiger partial charge in [0.1, 0.15) is 6.04 Å². The lowest BCUT2D eigenvalue weighted by atomic mass is 10.1. The van der Waals surface area contributed by atoms with E-state index in [4.69, 9.17) is 0 Å². The number of fused-ring (bicyclic) bond motifs is 1. The molecule has 1 unspecified atom stereocenters. The number of carbonyl (C=O) groups is 2. The van der Waals surface area contributed by atoms with Crippen LogP contribution in [-0.2, 0) is 9.59 Å². The van der Waals surface area contributed by atoms with Crippen LogP contribution < -0.4 is 0 Å². The average molecular weight is 168 g/mol. The van der Waals surface area contributed by atoms with Gasteiger partial charge < -0.3 is 9.80 Å². The van der Waals surface area contributed by atoms with E-state index in [0.29, 0.717) is 0 Å². The maximum Gasteiger partial charge on any atom is 0.245 e. The van der Waals surface area contributed by atoms with Crippen molar-refractivity contribution in [1.29, 1.82) is 0 Å². The molecule has 12 heavy (non-hydrogen) atoms. The van der Waals surface area contributed by atoms with E-state index in [1.165, 1.54) is 4.90 Å². The largest absolute Gasteiger partial charge is 0.335 e. The monoisotopic (exact) mass is 168 g/mol. The summed E-state index contributed by atoms with van der Waals surface area (Å²) in [7, 11) is 1.69. The van der Waals surface area contributed by atoms with Crippen LogP contribution in [0.5, 0.6) is 0 Å². The molecule has 2 rings (SSSR count). The Balaban J connectivity index is 2.23. The van der Waals surface area contributed by atoms with Gasteiger partial charge >= 0.3 is 0 Å². The lowest BCUT2D eigenvalue weighted by molar-refractivity contribution is -0.152. The third-order valence-electron chi connectivity index (χ3n) is 2.61. The molecule has 0 bridgehead atoms. The van der Waals surface area contributed by atoms with Gasteiger partial charge in [0.2, 0.25) is 11.8 Å². The predicted molar refractivity (Wildman–Crippen MR) is 42.4 cm³/mol. The summed E-state index contributed by atoms with van der Waals surface area (Å²) in [6, 6.07) is -0.142. The summed E-state index contributed by atoms with van der Waals surface area (Å²) in [5.74, 6) is 0.201. The quantitative estimate of drug-likeness (QED) is 0.487. The topological polar surface area (TPSA) is 40.6 Å². The number of rotatable bonds is 0. The second-order valence-corrected chi connectivity index (χ2v) is 3.44. The molecule has 2 aliphatic rings. The van der Waals surface area contributed by atoms with Gasteiger partial charge in [-0.05, 0) is 12.8 Å². The van der Waals surface area contributed by atoms with Crippen molar-refractivity contribution in [2.45, 2.75) is 18.9 Å². The lowest BCUT2D eigenvalue weighted by Crippen LogP contribution is -2.55. The van der Waals surface area contributed by atoms with E-state index < -0.39 is 0 Å². The molecule has 0 N–H and O–H groups in total. The molecule has 0 aliphatic carbocycles. The Kier molecular flexibility index (Phi) is 1.56. The van der Waals surface area contributed by atoms with E-state index in [1.807, 2.05) is 0 Å². The molecule has 4 nitrogen and oxygen atoms in total. The van der Waals surface area contributed by atoms with Gasteiger partial charge in [-0.3, -0.25) is 9.59 Å². The first-order valence-corrected chi connectivity index (χ1v) is 4.24. The molecule has 0 radical (unpaired) electrons. The van der Waals surface area contributed by atoms with Crippen molar-refractivity contribution >= 4 is 11.8 Å². The fraction of sp³-hybridized carbons (Fsp3) is 0.750. The van der Waals surface area contributed by atoms with Crippen molar-refractivity contribution in [3.05, 3.63) is 0 Å². The van der Waals surface area contributed by atoms with Crippen molar-refractivity contribution in [2.24, 2.45) is 0 Å². The maximum atomic E-state index is 11.5. The van der Waals surface area contributed by atoms with E-state index in [-0.39, 0.29) is 24.4 Å². The molecule has 0 aromatic carbocycles. The molecule has 0 aromatic heterocycles. The van der Waals surface area contributed by atoms with Crippen LogP contribution in [0.25, 0.3) is 0 Å². The molecule has 2 aliphatic heterocycles. The van der Waals surface area contributed by atoms with Crippen LogP contribution >= 0.6 is 0 Å². The minimum Gasteiger partial charge on any atom is -0.335 e. The summed E-state index contributed by atoms with van der Waals surface area (Å²) in [4.78, 5) is 26.1. The summed E-state index contributed by atoms with van der Waals surface area (Å²) in [6.45, 7) is 1.03. The average Bonchev–Trinajstić information content (AvgIpc) is 2.48. The zero-order valence-corrected chi connectivity index (χ0v) is 7.12. The van der Waals surface area contributed by atoms with Crippen LogP contribution in [-0.4, -0.2) is 47.8 Å². The second kappa shape index (κ2) is 2.47. The summed E-state index contributed by atoms with van der Waals surface area (Å²) in [5, 5.41) is 0. The minimum absolute atomic E-state index is 0.0969. The molecule has 2 amide bonds. The van der Waals surface area contributed by atoms with Crippen LogP contribution in [0.4, 0.5) is 0 Å². The Morgan fingerprint density at radius 2 is 2.17 bits per heavy atom. The van der Waals surface area contributed by atoms with E-state index in [2.05, 4.69) is 0 Å². The highest BCUT2D eigenvalue weighted by Crippen LogP contribution is 2.22. The smallest absolute Gasteiger partial charge is 0.245 e. The molecule has 0 spiro atoms. The van der Waals surface area contributed by atoms with Gasteiger partial charge in [0.05, 0.1) is 6.54 Å². The highest BCUT2D eigenvalue weighted by atomic mass is 16.2. The number of hydrogen-bond donors (Lipinski definition) is 0. The number of hydrogen-bond acceptors (Lipinski definition) is 2. The summed E-state index contributed by atoms with van der Waals surface area (Å²) in [5.41, 5.74) is 0. The van der Waals surface area contributed by atoms with Gasteiger partial charge in [-0.15, -0.1) is 0 Å². The Labute approximate surface area is 71.1 Å². The fourth-order valence-electron chi connectivity index (χ4n) is 1.95. The molecular formula is C8H12N2O2. The van der Waals surface area contributed by atoms with Crippen LogP contribution in [0.15, 0.2) is 0 Å². The molecule has 0 saturated carbocycles. The Morgan fingerprint density at radius 1 is 1.42 bits per heavy atom. The molecule has 2 fully saturated rings. The predicted octanol–water partition coefficient (Wildman–Crippen LogP) is -0.551. The zero-order chi connectivity index (χ0) is 8.72. The number of likely N-dealkylation sites (N-methyl/N-ethyl adjacent to an activating group) is 1. The number of nitrogens with zero attached hydrogens (tertiary/aromatic N) is 2. The van der Waals surface area contributed by atoms with Crippen LogP contribution in [0, 0.1) is 0 Å².